The van der Waals surface area contributed by atoms with E-state index in [1.54, 1.807) is 30.3 Å². The van der Waals surface area contributed by atoms with Gasteiger partial charge in [0.25, 0.3) is 16.0 Å². The van der Waals surface area contributed by atoms with Gasteiger partial charge in [-0.1, -0.05) is 18.2 Å². The van der Waals surface area contributed by atoms with Gasteiger partial charge in [-0.25, -0.2) is 4.79 Å². The minimum atomic E-state index is -3.67. The van der Waals surface area contributed by atoms with Crippen molar-refractivity contribution in [2.75, 3.05) is 19.9 Å². The number of hydrogen-bond donors (Lipinski definition) is 0. The number of benzene rings is 1. The molecule has 0 N–H and O–H groups in total. The number of hydrogen-bond acceptors (Lipinski definition) is 6. The Bertz CT molecular complexity index is 657. The Labute approximate surface area is 128 Å². The molecule has 0 bridgehead atoms. The third kappa shape index (κ3) is 3.83. The molecule has 0 aliphatic carbocycles. The Balaban J connectivity index is 2.23. The highest BCUT2D eigenvalue weighted by molar-refractivity contribution is 7.86. The average Bonchev–Trinajstić information content (AvgIpc) is 2.88. The van der Waals surface area contributed by atoms with Crippen LogP contribution in [0, 0.1) is 0 Å². The molecule has 2 rings (SSSR count). The van der Waals surface area contributed by atoms with Gasteiger partial charge in [0.1, 0.15) is 6.04 Å². The Morgan fingerprint density at radius 2 is 1.86 bits per heavy atom. The van der Waals surface area contributed by atoms with Crippen molar-refractivity contribution in [2.24, 2.45) is 0 Å². The van der Waals surface area contributed by atoms with E-state index >= 15 is 0 Å². The third-order valence-corrected chi connectivity index (χ3v) is 3.95. The van der Waals surface area contributed by atoms with Crippen molar-refractivity contribution in [1.82, 2.24) is 4.90 Å². The van der Waals surface area contributed by atoms with E-state index < -0.39 is 28.2 Å². The molecule has 0 aromatic heterocycles. The van der Waals surface area contributed by atoms with Crippen molar-refractivity contribution in [3.05, 3.63) is 35.9 Å². The van der Waals surface area contributed by atoms with E-state index in [1.807, 2.05) is 0 Å². The predicted molar refractivity (Wildman–Crippen MR) is 77.6 cm³/mol. The van der Waals surface area contributed by atoms with Crippen molar-refractivity contribution in [1.29, 1.82) is 0 Å². The van der Waals surface area contributed by atoms with E-state index in [0.717, 1.165) is 6.26 Å². The molecule has 1 aromatic rings. The van der Waals surface area contributed by atoms with E-state index in [1.165, 1.54) is 12.0 Å². The van der Waals surface area contributed by atoms with Crippen molar-refractivity contribution in [3.63, 3.8) is 0 Å². The first-order chi connectivity index (χ1) is 10.3. The quantitative estimate of drug-likeness (QED) is 0.588. The molecule has 2 atom stereocenters. The van der Waals surface area contributed by atoms with Crippen LogP contribution < -0.4 is 0 Å². The maximum Gasteiger partial charge on any atom is 0.328 e. The molecule has 0 saturated carbocycles. The Hall–Kier alpha value is -1.93. The molecular weight excluding hydrogens is 310 g/mol. The first-order valence-electron chi connectivity index (χ1n) is 6.64. The number of rotatable bonds is 4. The number of amides is 1. The van der Waals surface area contributed by atoms with Crippen LogP contribution in [0.25, 0.3) is 0 Å². The number of methoxy groups -OCH3 is 1. The number of carbonyl (C=O) groups is 2. The monoisotopic (exact) mass is 327 g/mol. The van der Waals surface area contributed by atoms with Crippen molar-refractivity contribution >= 4 is 22.0 Å². The Morgan fingerprint density at radius 3 is 2.41 bits per heavy atom. The lowest BCUT2D eigenvalue weighted by molar-refractivity contribution is -0.145. The van der Waals surface area contributed by atoms with Crippen LogP contribution in [0.3, 0.4) is 0 Å². The van der Waals surface area contributed by atoms with Crippen molar-refractivity contribution in [2.45, 2.75) is 18.6 Å². The van der Waals surface area contributed by atoms with Crippen LogP contribution >= 0.6 is 0 Å². The lowest BCUT2D eigenvalue weighted by Gasteiger charge is -2.22. The second-order valence-corrected chi connectivity index (χ2v) is 6.62. The zero-order chi connectivity index (χ0) is 16.3. The highest BCUT2D eigenvalue weighted by Crippen LogP contribution is 2.24. The van der Waals surface area contributed by atoms with Crippen LogP contribution in [0.1, 0.15) is 16.8 Å². The molecule has 8 heteroatoms. The second-order valence-electron chi connectivity index (χ2n) is 5.02. The van der Waals surface area contributed by atoms with E-state index in [4.69, 9.17) is 8.92 Å². The third-order valence-electron chi connectivity index (χ3n) is 3.33. The van der Waals surface area contributed by atoms with Crippen LogP contribution in [0.15, 0.2) is 30.3 Å². The highest BCUT2D eigenvalue weighted by Gasteiger charge is 2.42. The van der Waals surface area contributed by atoms with Gasteiger partial charge in [0.15, 0.2) is 0 Å². The van der Waals surface area contributed by atoms with Gasteiger partial charge >= 0.3 is 5.97 Å². The molecule has 1 heterocycles. The summed E-state index contributed by atoms with van der Waals surface area (Å²) in [6.07, 6.45) is 0.256. The van der Waals surface area contributed by atoms with Crippen LogP contribution in [-0.4, -0.2) is 57.3 Å². The summed E-state index contributed by atoms with van der Waals surface area (Å²) >= 11 is 0. The molecule has 1 amide bonds. The lowest BCUT2D eigenvalue weighted by atomic mass is 10.1. The van der Waals surface area contributed by atoms with Gasteiger partial charge in [0.05, 0.1) is 19.5 Å². The van der Waals surface area contributed by atoms with Crippen molar-refractivity contribution in [3.8, 4) is 0 Å². The number of ether oxygens (including phenoxy) is 1. The molecule has 120 valence electrons. The first-order valence-corrected chi connectivity index (χ1v) is 8.45. The van der Waals surface area contributed by atoms with Crippen LogP contribution in [0.5, 0.6) is 0 Å². The molecule has 0 radical (unpaired) electrons. The lowest BCUT2D eigenvalue weighted by Crippen LogP contribution is -2.41. The zero-order valence-electron chi connectivity index (χ0n) is 12.3. The Morgan fingerprint density at radius 1 is 1.23 bits per heavy atom. The predicted octanol–water partition coefficient (Wildman–Crippen LogP) is 0.419. The average molecular weight is 327 g/mol. The summed E-state index contributed by atoms with van der Waals surface area (Å²) < 4.78 is 32.1. The van der Waals surface area contributed by atoms with Crippen molar-refractivity contribution < 1.29 is 26.9 Å². The summed E-state index contributed by atoms with van der Waals surface area (Å²) in [5.41, 5.74) is 0.413. The molecule has 22 heavy (non-hydrogen) atoms. The maximum absolute atomic E-state index is 12.5. The SMILES string of the molecule is COC(=O)[C@@H]1CC(OS(C)(=O)=O)CN1C(=O)c1ccccc1. The number of nitrogens with zero attached hydrogens (tertiary/aromatic N) is 1. The molecule has 1 aliphatic rings. The fourth-order valence-electron chi connectivity index (χ4n) is 2.44. The van der Waals surface area contributed by atoms with E-state index in [0.29, 0.717) is 5.56 Å². The largest absolute Gasteiger partial charge is 0.467 e. The van der Waals surface area contributed by atoms with Gasteiger partial charge in [0.2, 0.25) is 0 Å². The molecule has 1 aliphatic heterocycles. The number of likely N-dealkylation sites (tertiary alicyclic amines) is 1. The van der Waals surface area contributed by atoms with E-state index in [2.05, 4.69) is 0 Å². The summed E-state index contributed by atoms with van der Waals surface area (Å²) in [7, 11) is -2.45. The molecule has 1 saturated heterocycles. The summed E-state index contributed by atoms with van der Waals surface area (Å²) in [5, 5.41) is 0. The van der Waals surface area contributed by atoms with Gasteiger partial charge < -0.3 is 9.64 Å². The topological polar surface area (TPSA) is 90.0 Å². The van der Waals surface area contributed by atoms with Gasteiger partial charge in [0, 0.05) is 18.5 Å². The first kappa shape index (κ1) is 16.4. The Kier molecular flexibility index (Phi) is 4.82. The maximum atomic E-state index is 12.5. The standard InChI is InChI=1S/C14H17NO6S/c1-20-14(17)12-8-11(21-22(2,18)19)9-15(12)13(16)10-6-4-3-5-7-10/h3-7,11-12H,8-9H2,1-2H3/t11?,12-/m0/s1. The fraction of sp³-hybridized carbons (Fsp3) is 0.429. The van der Waals surface area contributed by atoms with Gasteiger partial charge in [-0.3, -0.25) is 8.98 Å². The van der Waals surface area contributed by atoms with E-state index in [9.17, 15) is 18.0 Å². The van der Waals surface area contributed by atoms with E-state index in [-0.39, 0.29) is 18.9 Å². The summed E-state index contributed by atoms with van der Waals surface area (Å²) in [4.78, 5) is 25.6. The minimum absolute atomic E-state index is 0.0144. The van der Waals surface area contributed by atoms with Crippen LogP contribution in [0.2, 0.25) is 0 Å². The number of esters is 1. The van der Waals surface area contributed by atoms with Crippen LogP contribution in [-0.2, 0) is 23.8 Å². The zero-order valence-corrected chi connectivity index (χ0v) is 13.1. The van der Waals surface area contributed by atoms with Gasteiger partial charge in [-0.2, -0.15) is 8.42 Å². The molecule has 1 unspecified atom stereocenters. The van der Waals surface area contributed by atoms with Gasteiger partial charge in [-0.15, -0.1) is 0 Å². The minimum Gasteiger partial charge on any atom is -0.467 e. The smallest absolute Gasteiger partial charge is 0.328 e. The summed E-state index contributed by atoms with van der Waals surface area (Å²) in [6.45, 7) is 0.0144. The van der Waals surface area contributed by atoms with Gasteiger partial charge in [-0.05, 0) is 12.1 Å². The molecule has 1 fully saturated rings. The normalized spacial score (nSPS) is 21.6. The highest BCUT2D eigenvalue weighted by atomic mass is 32.2. The second kappa shape index (κ2) is 6.45. The molecule has 0 spiro atoms. The summed E-state index contributed by atoms with van der Waals surface area (Å²) in [6, 6.07) is 7.59. The molecule has 1 aromatic carbocycles. The fourth-order valence-corrected chi connectivity index (χ4v) is 3.08. The number of carbonyl (C=O) groups excluding carboxylic acids is 2. The molecular formula is C14H17NO6S. The molecule has 7 nitrogen and oxygen atoms in total. The summed E-state index contributed by atoms with van der Waals surface area (Å²) in [5.74, 6) is -0.959. The van der Waals surface area contributed by atoms with Crippen LogP contribution in [0.4, 0.5) is 0 Å².